The van der Waals surface area contributed by atoms with Crippen molar-refractivity contribution < 1.29 is 9.53 Å². The van der Waals surface area contributed by atoms with Gasteiger partial charge in [-0.15, -0.1) is 23.7 Å². The molecule has 2 aromatic rings. The average molecular weight is 314 g/mol. The molecule has 5 heteroatoms. The van der Waals surface area contributed by atoms with Gasteiger partial charge in [-0.25, -0.2) is 4.79 Å². The Hall–Kier alpha value is -1.10. The number of carbonyl (C=O) groups excluding carboxylic acids is 1. The second kappa shape index (κ2) is 7.62. The Morgan fingerprint density at radius 3 is 2.65 bits per heavy atom. The summed E-state index contributed by atoms with van der Waals surface area (Å²) < 4.78 is 6.47. The molecular formula is C15H20ClNO2S. The van der Waals surface area contributed by atoms with Gasteiger partial charge in [0.15, 0.2) is 0 Å². The maximum atomic E-state index is 12.1. The third-order valence-electron chi connectivity index (χ3n) is 3.01. The molecule has 0 saturated heterocycles. The Balaban J connectivity index is 0.00000200. The third-order valence-corrected chi connectivity index (χ3v) is 4.26. The van der Waals surface area contributed by atoms with Crippen molar-refractivity contribution in [2.24, 2.45) is 0 Å². The van der Waals surface area contributed by atoms with Gasteiger partial charge in [0.1, 0.15) is 4.88 Å². The fraction of sp³-hybridized carbons (Fsp3) is 0.400. The summed E-state index contributed by atoms with van der Waals surface area (Å²) in [5, 5.41) is 1.15. The summed E-state index contributed by atoms with van der Waals surface area (Å²) in [6, 6.07) is 8.07. The van der Waals surface area contributed by atoms with Gasteiger partial charge in [0.25, 0.3) is 0 Å². The molecule has 2 rings (SSSR count). The van der Waals surface area contributed by atoms with Crippen molar-refractivity contribution in [1.29, 1.82) is 0 Å². The lowest BCUT2D eigenvalue weighted by atomic mass is 10.1. The largest absolute Gasteiger partial charge is 0.461 e. The van der Waals surface area contributed by atoms with Crippen LogP contribution in [0.25, 0.3) is 10.1 Å². The molecule has 0 atom stereocenters. The molecular weight excluding hydrogens is 294 g/mol. The highest BCUT2D eigenvalue weighted by atomic mass is 35.5. The van der Waals surface area contributed by atoms with E-state index in [0.717, 1.165) is 33.5 Å². The van der Waals surface area contributed by atoms with Gasteiger partial charge in [-0.1, -0.05) is 18.2 Å². The van der Waals surface area contributed by atoms with Gasteiger partial charge in [0.05, 0.1) is 6.61 Å². The van der Waals surface area contributed by atoms with Gasteiger partial charge >= 0.3 is 5.97 Å². The van der Waals surface area contributed by atoms with Gasteiger partial charge in [-0.2, -0.15) is 0 Å². The monoisotopic (exact) mass is 313 g/mol. The minimum absolute atomic E-state index is 0. The van der Waals surface area contributed by atoms with Crippen molar-refractivity contribution in [2.75, 3.05) is 27.2 Å². The summed E-state index contributed by atoms with van der Waals surface area (Å²) in [6.07, 6.45) is 0.864. The molecule has 0 amide bonds. The van der Waals surface area contributed by atoms with Crippen molar-refractivity contribution in [3.63, 3.8) is 0 Å². The number of carbonyl (C=O) groups is 1. The smallest absolute Gasteiger partial charge is 0.348 e. The highest BCUT2D eigenvalue weighted by Gasteiger charge is 2.16. The van der Waals surface area contributed by atoms with Crippen LogP contribution >= 0.6 is 23.7 Å². The van der Waals surface area contributed by atoms with Crippen molar-refractivity contribution in [3.05, 3.63) is 34.7 Å². The molecule has 20 heavy (non-hydrogen) atoms. The number of rotatable bonds is 5. The number of nitrogens with zero attached hydrogens (tertiary/aromatic N) is 1. The molecule has 0 aliphatic heterocycles. The van der Waals surface area contributed by atoms with Crippen LogP contribution in [0.15, 0.2) is 24.3 Å². The predicted molar refractivity (Wildman–Crippen MR) is 87.3 cm³/mol. The number of aryl methyl sites for hydroxylation is 1. The Labute approximate surface area is 129 Å². The fourth-order valence-electron chi connectivity index (χ4n) is 1.98. The second-order valence-electron chi connectivity index (χ2n) is 4.85. The third kappa shape index (κ3) is 3.95. The summed E-state index contributed by atoms with van der Waals surface area (Å²) >= 11 is 1.51. The van der Waals surface area contributed by atoms with Gasteiger partial charge in [-0.05, 0) is 44.5 Å². The summed E-state index contributed by atoms with van der Waals surface area (Å²) in [4.78, 5) is 14.9. The molecule has 3 nitrogen and oxygen atoms in total. The van der Waals surface area contributed by atoms with E-state index >= 15 is 0 Å². The molecule has 0 N–H and O–H groups in total. The number of halogens is 1. The lowest BCUT2D eigenvalue weighted by Gasteiger charge is -2.09. The summed E-state index contributed by atoms with van der Waals surface area (Å²) in [5.41, 5.74) is 1.03. The van der Waals surface area contributed by atoms with Gasteiger partial charge < -0.3 is 9.64 Å². The van der Waals surface area contributed by atoms with Crippen LogP contribution in [0.2, 0.25) is 0 Å². The molecule has 0 unspecified atom stereocenters. The lowest BCUT2D eigenvalue weighted by molar-refractivity contribution is 0.0498. The highest BCUT2D eigenvalue weighted by Crippen LogP contribution is 2.30. The highest BCUT2D eigenvalue weighted by molar-refractivity contribution is 7.21. The van der Waals surface area contributed by atoms with E-state index < -0.39 is 0 Å². The molecule has 110 valence electrons. The van der Waals surface area contributed by atoms with Crippen LogP contribution in [0.4, 0.5) is 0 Å². The summed E-state index contributed by atoms with van der Waals surface area (Å²) in [6.45, 7) is 3.39. The molecule has 0 aliphatic rings. The fourth-order valence-corrected chi connectivity index (χ4v) is 3.08. The summed E-state index contributed by atoms with van der Waals surface area (Å²) in [5.74, 6) is -0.197. The van der Waals surface area contributed by atoms with E-state index in [1.54, 1.807) is 0 Å². The van der Waals surface area contributed by atoms with Gasteiger partial charge in [0.2, 0.25) is 0 Å². The van der Waals surface area contributed by atoms with Crippen molar-refractivity contribution in [1.82, 2.24) is 4.90 Å². The van der Waals surface area contributed by atoms with Crippen molar-refractivity contribution in [3.8, 4) is 0 Å². The number of thiophene rings is 1. The van der Waals surface area contributed by atoms with Crippen LogP contribution in [0.1, 0.15) is 21.7 Å². The Morgan fingerprint density at radius 1 is 1.30 bits per heavy atom. The quantitative estimate of drug-likeness (QED) is 0.622. The maximum absolute atomic E-state index is 12.1. The molecule has 0 saturated carbocycles. The van der Waals surface area contributed by atoms with Crippen LogP contribution in [0.5, 0.6) is 0 Å². The van der Waals surface area contributed by atoms with E-state index in [0.29, 0.717) is 6.61 Å². The zero-order valence-corrected chi connectivity index (χ0v) is 13.6. The van der Waals surface area contributed by atoms with Crippen LogP contribution in [-0.2, 0) is 4.74 Å². The first-order valence-electron chi connectivity index (χ1n) is 6.39. The minimum atomic E-state index is -0.197. The Bertz CT molecular complexity index is 580. The molecule has 1 heterocycles. The molecule has 0 bridgehead atoms. The maximum Gasteiger partial charge on any atom is 0.348 e. The van der Waals surface area contributed by atoms with Crippen LogP contribution < -0.4 is 0 Å². The number of fused-ring (bicyclic) bond motifs is 1. The molecule has 1 aromatic carbocycles. The molecule has 1 aromatic heterocycles. The van der Waals surface area contributed by atoms with E-state index in [1.165, 1.54) is 11.3 Å². The Morgan fingerprint density at radius 2 is 2.00 bits per heavy atom. The molecule has 0 spiro atoms. The first-order valence-corrected chi connectivity index (χ1v) is 7.21. The molecule has 0 fully saturated rings. The normalized spacial score (nSPS) is 10.6. The number of ether oxygens (including phenoxy) is 1. The number of esters is 1. The summed E-state index contributed by atoms with van der Waals surface area (Å²) in [7, 11) is 4.02. The number of hydrogen-bond donors (Lipinski definition) is 0. The van der Waals surface area contributed by atoms with Crippen LogP contribution in [-0.4, -0.2) is 38.1 Å². The van der Waals surface area contributed by atoms with Crippen molar-refractivity contribution >= 4 is 39.8 Å². The van der Waals surface area contributed by atoms with Crippen LogP contribution in [0, 0.1) is 6.92 Å². The van der Waals surface area contributed by atoms with E-state index in [-0.39, 0.29) is 18.4 Å². The van der Waals surface area contributed by atoms with E-state index in [2.05, 4.69) is 4.90 Å². The number of hydrogen-bond acceptors (Lipinski definition) is 4. The zero-order valence-electron chi connectivity index (χ0n) is 12.0. The van der Waals surface area contributed by atoms with E-state index in [9.17, 15) is 4.79 Å². The van der Waals surface area contributed by atoms with Gasteiger partial charge in [0, 0.05) is 11.2 Å². The van der Waals surface area contributed by atoms with E-state index in [4.69, 9.17) is 4.74 Å². The molecule has 0 aliphatic carbocycles. The Kier molecular flexibility index (Phi) is 6.46. The standard InChI is InChI=1S/C15H19NO2S.ClH/c1-11-12-7-4-5-8-13(12)19-14(11)15(17)18-10-6-9-16(2)3;/h4-5,7-8H,6,9-10H2,1-3H3;1H. The van der Waals surface area contributed by atoms with Crippen LogP contribution in [0.3, 0.4) is 0 Å². The minimum Gasteiger partial charge on any atom is -0.461 e. The average Bonchev–Trinajstić information content (AvgIpc) is 2.72. The second-order valence-corrected chi connectivity index (χ2v) is 5.90. The first kappa shape index (κ1) is 17.0. The lowest BCUT2D eigenvalue weighted by Crippen LogP contribution is -2.16. The number of benzene rings is 1. The topological polar surface area (TPSA) is 29.5 Å². The van der Waals surface area contributed by atoms with E-state index in [1.807, 2.05) is 45.3 Å². The SMILES string of the molecule is Cc1c(C(=O)OCCCN(C)C)sc2ccccc12.Cl. The predicted octanol–water partition coefficient (Wildman–Crippen LogP) is 3.74. The molecule has 0 radical (unpaired) electrons. The van der Waals surface area contributed by atoms with Gasteiger partial charge in [-0.3, -0.25) is 0 Å². The van der Waals surface area contributed by atoms with Crippen molar-refractivity contribution in [2.45, 2.75) is 13.3 Å². The first-order chi connectivity index (χ1) is 9.09. The zero-order chi connectivity index (χ0) is 13.8.